The van der Waals surface area contributed by atoms with Gasteiger partial charge in [0.1, 0.15) is 5.65 Å². The second-order valence-electron chi connectivity index (χ2n) is 11.5. The van der Waals surface area contributed by atoms with E-state index in [1.165, 1.54) is 12.8 Å². The van der Waals surface area contributed by atoms with Crippen LogP contribution in [0.5, 0.6) is 0 Å². The molecule has 2 aliphatic rings. The van der Waals surface area contributed by atoms with Gasteiger partial charge in [0.25, 0.3) is 5.91 Å². The number of carbonyl (C=O) groups excluding carboxylic acids is 2. The van der Waals surface area contributed by atoms with Crippen molar-refractivity contribution < 1.29 is 9.59 Å². The number of aryl methyl sites for hydroxylation is 1. The molecule has 9 heteroatoms. The number of nitrogens with one attached hydrogen (secondary N) is 1. The van der Waals surface area contributed by atoms with Crippen LogP contribution in [-0.4, -0.2) is 80.5 Å². The Labute approximate surface area is 234 Å². The molecule has 4 heterocycles. The molecule has 1 aliphatic heterocycles. The van der Waals surface area contributed by atoms with E-state index in [4.69, 9.17) is 4.98 Å². The van der Waals surface area contributed by atoms with Gasteiger partial charge in [-0.15, -0.1) is 0 Å². The number of fused-ring (bicyclic) bond motifs is 2. The van der Waals surface area contributed by atoms with Gasteiger partial charge >= 0.3 is 0 Å². The van der Waals surface area contributed by atoms with Gasteiger partial charge < -0.3 is 24.3 Å². The van der Waals surface area contributed by atoms with Crippen molar-refractivity contribution >= 4 is 33.9 Å². The van der Waals surface area contributed by atoms with Crippen molar-refractivity contribution in [3.63, 3.8) is 0 Å². The summed E-state index contributed by atoms with van der Waals surface area (Å²) < 4.78 is 4.41. The van der Waals surface area contributed by atoms with Gasteiger partial charge in [-0.2, -0.15) is 0 Å². The molecule has 0 unspecified atom stereocenters. The molecule has 3 aromatic heterocycles. The Hall–Kier alpha value is -3.98. The number of likely N-dealkylation sites (tertiary alicyclic amines) is 1. The van der Waals surface area contributed by atoms with Crippen molar-refractivity contribution in [1.29, 1.82) is 0 Å². The number of imidazole rings is 1. The Bertz CT molecular complexity index is 1590. The third-order valence-corrected chi connectivity index (χ3v) is 7.94. The molecule has 9 nitrogen and oxygen atoms in total. The van der Waals surface area contributed by atoms with Crippen molar-refractivity contribution in [2.75, 3.05) is 33.7 Å². The number of rotatable bonds is 8. The van der Waals surface area contributed by atoms with Crippen LogP contribution in [0.2, 0.25) is 0 Å². The smallest absolute Gasteiger partial charge is 0.254 e. The average molecular weight is 540 g/mol. The fourth-order valence-corrected chi connectivity index (χ4v) is 5.66. The standard InChI is InChI=1S/C31H37N7O2/c1-35(2)15-6-9-28(39)33-24-8-5-16-37(20-24)31(40)23-12-13-26-25(17-23)34-30(36(26)3)27-18-22-7-4-14-32-29(22)38(27)19-21-10-11-21/h4,6-7,9,12-14,17-18,21,24H,5,8,10-11,15-16,19-20H2,1-3H3,(H,33,39)/t24-/m1/s1. The molecule has 0 bridgehead atoms. The van der Waals surface area contributed by atoms with Crippen molar-refractivity contribution in [3.8, 4) is 11.5 Å². The molecular formula is C31H37N7O2. The van der Waals surface area contributed by atoms with Crippen LogP contribution in [0.1, 0.15) is 36.0 Å². The predicted molar refractivity (Wildman–Crippen MR) is 157 cm³/mol. The van der Waals surface area contributed by atoms with E-state index in [2.05, 4.69) is 31.6 Å². The highest BCUT2D eigenvalue weighted by atomic mass is 16.2. The Morgan fingerprint density at radius 2 is 2.00 bits per heavy atom. The molecule has 1 saturated heterocycles. The van der Waals surface area contributed by atoms with Crippen LogP contribution < -0.4 is 5.32 Å². The van der Waals surface area contributed by atoms with Crippen LogP contribution >= 0.6 is 0 Å². The molecule has 208 valence electrons. The Morgan fingerprint density at radius 1 is 1.15 bits per heavy atom. The average Bonchev–Trinajstić information content (AvgIpc) is 3.61. The highest BCUT2D eigenvalue weighted by Crippen LogP contribution is 2.36. The fourth-order valence-electron chi connectivity index (χ4n) is 5.66. The second kappa shape index (κ2) is 10.9. The Kier molecular flexibility index (Phi) is 7.14. The van der Waals surface area contributed by atoms with Crippen LogP contribution in [0.4, 0.5) is 0 Å². The number of benzene rings is 1. The minimum absolute atomic E-state index is 0.0248. The molecule has 1 atom stereocenters. The lowest BCUT2D eigenvalue weighted by Gasteiger charge is -2.33. The lowest BCUT2D eigenvalue weighted by atomic mass is 10.0. The Morgan fingerprint density at radius 3 is 2.80 bits per heavy atom. The van der Waals surface area contributed by atoms with E-state index in [-0.39, 0.29) is 17.9 Å². The van der Waals surface area contributed by atoms with Crippen LogP contribution in [0.25, 0.3) is 33.6 Å². The highest BCUT2D eigenvalue weighted by molar-refractivity contribution is 5.98. The largest absolute Gasteiger partial charge is 0.348 e. The first-order chi connectivity index (χ1) is 19.4. The summed E-state index contributed by atoms with van der Waals surface area (Å²) in [6.45, 7) is 2.84. The van der Waals surface area contributed by atoms with Gasteiger partial charge in [-0.3, -0.25) is 9.59 Å². The summed E-state index contributed by atoms with van der Waals surface area (Å²) in [6.07, 6.45) is 9.51. The monoisotopic (exact) mass is 539 g/mol. The number of aromatic nitrogens is 4. The van der Waals surface area contributed by atoms with Gasteiger partial charge in [0.05, 0.1) is 16.7 Å². The first kappa shape index (κ1) is 26.3. The van der Waals surface area contributed by atoms with E-state index in [0.29, 0.717) is 31.1 Å². The number of amides is 2. The zero-order valence-electron chi connectivity index (χ0n) is 23.5. The third kappa shape index (κ3) is 5.38. The summed E-state index contributed by atoms with van der Waals surface area (Å²) in [4.78, 5) is 39.4. The molecule has 0 radical (unpaired) electrons. The van der Waals surface area contributed by atoms with Crippen molar-refractivity contribution in [2.45, 2.75) is 38.3 Å². The molecule has 2 fully saturated rings. The topological polar surface area (TPSA) is 88.3 Å². The molecule has 1 aliphatic carbocycles. The number of carbonyl (C=O) groups is 2. The Balaban J connectivity index is 1.22. The van der Waals surface area contributed by atoms with Gasteiger partial charge in [0, 0.05) is 62.5 Å². The van der Waals surface area contributed by atoms with Gasteiger partial charge in [-0.05, 0) is 82.1 Å². The van der Waals surface area contributed by atoms with Crippen LogP contribution in [0.3, 0.4) is 0 Å². The van der Waals surface area contributed by atoms with E-state index in [1.807, 2.05) is 67.5 Å². The van der Waals surface area contributed by atoms with E-state index in [0.717, 1.165) is 53.0 Å². The summed E-state index contributed by atoms with van der Waals surface area (Å²) in [6, 6.07) is 12.0. The summed E-state index contributed by atoms with van der Waals surface area (Å²) in [5.41, 5.74) is 4.45. The lowest BCUT2D eigenvalue weighted by molar-refractivity contribution is -0.117. The number of likely N-dealkylation sites (N-methyl/N-ethyl adjacent to an activating group) is 1. The molecule has 1 saturated carbocycles. The highest BCUT2D eigenvalue weighted by Gasteiger charge is 2.27. The minimum atomic E-state index is -0.113. The number of piperidine rings is 1. The quantitative estimate of drug-likeness (QED) is 0.344. The van der Waals surface area contributed by atoms with E-state index in [1.54, 1.807) is 6.08 Å². The number of nitrogens with zero attached hydrogens (tertiary/aromatic N) is 6. The fraction of sp³-hybridized carbons (Fsp3) is 0.419. The first-order valence-corrected chi connectivity index (χ1v) is 14.2. The summed E-state index contributed by atoms with van der Waals surface area (Å²) in [7, 11) is 5.95. The van der Waals surface area contributed by atoms with E-state index < -0.39 is 0 Å². The lowest BCUT2D eigenvalue weighted by Crippen LogP contribution is -2.49. The number of pyridine rings is 1. The van der Waals surface area contributed by atoms with Gasteiger partial charge in [0.15, 0.2) is 5.82 Å². The summed E-state index contributed by atoms with van der Waals surface area (Å²) >= 11 is 0. The van der Waals surface area contributed by atoms with Crippen LogP contribution in [0, 0.1) is 5.92 Å². The number of hydrogen-bond donors (Lipinski definition) is 1. The summed E-state index contributed by atoms with van der Waals surface area (Å²) in [5, 5.41) is 4.17. The molecule has 4 aromatic rings. The van der Waals surface area contributed by atoms with Crippen molar-refractivity contribution in [1.82, 2.24) is 34.2 Å². The third-order valence-electron chi connectivity index (χ3n) is 7.94. The molecule has 1 N–H and O–H groups in total. The first-order valence-electron chi connectivity index (χ1n) is 14.2. The molecule has 0 spiro atoms. The molecule has 2 amide bonds. The molecule has 1 aromatic carbocycles. The maximum Gasteiger partial charge on any atom is 0.254 e. The van der Waals surface area contributed by atoms with E-state index >= 15 is 0 Å². The SMILES string of the molecule is CN(C)CC=CC(=O)N[C@@H]1CCCN(C(=O)c2ccc3c(c2)nc(-c2cc4cccnc4n2CC2CC2)n3C)C1. The zero-order valence-corrected chi connectivity index (χ0v) is 23.5. The van der Waals surface area contributed by atoms with Gasteiger partial charge in [-0.1, -0.05) is 6.08 Å². The second-order valence-corrected chi connectivity index (χ2v) is 11.5. The van der Waals surface area contributed by atoms with Crippen LogP contribution in [0.15, 0.2) is 54.7 Å². The summed E-state index contributed by atoms with van der Waals surface area (Å²) in [5.74, 6) is 1.44. The number of hydrogen-bond acceptors (Lipinski definition) is 5. The molecule has 6 rings (SSSR count). The maximum absolute atomic E-state index is 13.5. The predicted octanol–water partition coefficient (Wildman–Crippen LogP) is 3.84. The molecular weight excluding hydrogens is 502 g/mol. The van der Waals surface area contributed by atoms with E-state index in [9.17, 15) is 9.59 Å². The van der Waals surface area contributed by atoms with Crippen molar-refractivity contribution in [3.05, 3.63) is 60.3 Å². The van der Waals surface area contributed by atoms with Crippen molar-refractivity contribution in [2.24, 2.45) is 13.0 Å². The minimum Gasteiger partial charge on any atom is -0.348 e. The zero-order chi connectivity index (χ0) is 27.8. The van der Waals surface area contributed by atoms with Gasteiger partial charge in [0.2, 0.25) is 5.91 Å². The van der Waals surface area contributed by atoms with Gasteiger partial charge in [-0.25, -0.2) is 9.97 Å². The normalized spacial score (nSPS) is 17.9. The van der Waals surface area contributed by atoms with Crippen LogP contribution in [-0.2, 0) is 18.4 Å². The maximum atomic E-state index is 13.5. The molecule has 40 heavy (non-hydrogen) atoms.